The van der Waals surface area contributed by atoms with E-state index in [0.29, 0.717) is 0 Å². The molecule has 0 aliphatic carbocycles. The molecule has 7 heavy (non-hydrogen) atoms. The summed E-state index contributed by atoms with van der Waals surface area (Å²) in [4.78, 5) is 0. The van der Waals surface area contributed by atoms with Crippen molar-refractivity contribution >= 4 is 12.6 Å². The first kappa shape index (κ1) is 7.31. The van der Waals surface area contributed by atoms with Gasteiger partial charge in [0.15, 0.2) is 0 Å². The van der Waals surface area contributed by atoms with Crippen LogP contribution in [-0.4, -0.2) is 10.8 Å². The number of hydrogen-bond acceptors (Lipinski definition) is 2. The van der Waals surface area contributed by atoms with Crippen LogP contribution in [0.5, 0.6) is 0 Å². The molecule has 0 aromatic rings. The first-order chi connectivity index (χ1) is 2.94. The summed E-state index contributed by atoms with van der Waals surface area (Å²) >= 11 is 4.22. The lowest BCUT2D eigenvalue weighted by Crippen LogP contribution is -2.35. The summed E-state index contributed by atoms with van der Waals surface area (Å²) in [5.41, 5.74) is 5.49. The lowest BCUT2D eigenvalue weighted by molar-refractivity contribution is 0.582. The second kappa shape index (κ2) is 2.05. The molecular weight excluding hydrogens is 106 g/mol. The van der Waals surface area contributed by atoms with E-state index in [0.717, 1.165) is 0 Å². The molecule has 0 heterocycles. The van der Waals surface area contributed by atoms with Crippen LogP contribution in [0.1, 0.15) is 20.8 Å². The van der Waals surface area contributed by atoms with Crippen LogP contribution >= 0.6 is 12.6 Å². The monoisotopic (exact) mass is 119 g/mol. The van der Waals surface area contributed by atoms with Gasteiger partial charge in [-0.2, -0.15) is 12.6 Å². The van der Waals surface area contributed by atoms with Crippen molar-refractivity contribution in [3.8, 4) is 0 Å². The van der Waals surface area contributed by atoms with Crippen LogP contribution in [0.15, 0.2) is 0 Å². The van der Waals surface area contributed by atoms with E-state index in [9.17, 15) is 0 Å². The lowest BCUT2D eigenvalue weighted by Gasteiger charge is -2.21. The highest BCUT2D eigenvalue weighted by Gasteiger charge is 2.15. The van der Waals surface area contributed by atoms with Crippen molar-refractivity contribution in [2.45, 2.75) is 31.6 Å². The topological polar surface area (TPSA) is 26.0 Å². The minimum atomic E-state index is -0.0278. The van der Waals surface area contributed by atoms with Gasteiger partial charge in [0.05, 0.1) is 0 Å². The Bertz CT molecular complexity index is 53.6. The molecule has 0 radical (unpaired) electrons. The molecule has 0 spiro atoms. The highest BCUT2D eigenvalue weighted by molar-refractivity contribution is 7.81. The Hall–Kier alpha value is 0.310. The molecule has 0 aromatic heterocycles. The summed E-state index contributed by atoms with van der Waals surface area (Å²) in [5, 5.41) is 0. The van der Waals surface area contributed by atoms with Crippen molar-refractivity contribution in [3.63, 3.8) is 0 Å². The molecule has 0 amide bonds. The van der Waals surface area contributed by atoms with Crippen molar-refractivity contribution in [2.75, 3.05) is 0 Å². The second-order valence-electron chi connectivity index (χ2n) is 2.44. The molecule has 0 fully saturated rings. The quantitative estimate of drug-likeness (QED) is 0.496. The highest BCUT2D eigenvalue weighted by atomic mass is 32.1. The lowest BCUT2D eigenvalue weighted by atomic mass is 10.1. The molecule has 2 heteroatoms. The molecule has 0 aromatic carbocycles. The van der Waals surface area contributed by atoms with Crippen LogP contribution < -0.4 is 5.73 Å². The third-order valence-corrected chi connectivity index (χ3v) is 1.52. The Morgan fingerprint density at radius 3 is 1.71 bits per heavy atom. The van der Waals surface area contributed by atoms with Gasteiger partial charge in [-0.1, -0.05) is 0 Å². The van der Waals surface area contributed by atoms with E-state index in [1.165, 1.54) is 0 Å². The van der Waals surface area contributed by atoms with Crippen molar-refractivity contribution in [2.24, 2.45) is 5.73 Å². The zero-order chi connectivity index (χ0) is 6.08. The van der Waals surface area contributed by atoms with Crippen molar-refractivity contribution in [3.05, 3.63) is 0 Å². The fraction of sp³-hybridized carbons (Fsp3) is 1.00. The molecule has 1 nitrogen and oxygen atoms in total. The van der Waals surface area contributed by atoms with E-state index in [1.807, 2.05) is 20.8 Å². The van der Waals surface area contributed by atoms with Crippen LogP contribution in [-0.2, 0) is 0 Å². The van der Waals surface area contributed by atoms with Gasteiger partial charge in [-0.25, -0.2) is 0 Å². The van der Waals surface area contributed by atoms with Gasteiger partial charge >= 0.3 is 0 Å². The van der Waals surface area contributed by atoms with Gasteiger partial charge in [0.2, 0.25) is 0 Å². The Morgan fingerprint density at radius 1 is 1.57 bits per heavy atom. The van der Waals surface area contributed by atoms with E-state index in [1.54, 1.807) is 0 Å². The Kier molecular flexibility index (Phi) is 2.14. The van der Waals surface area contributed by atoms with Gasteiger partial charge in [0.25, 0.3) is 0 Å². The third kappa shape index (κ3) is 2.94. The van der Waals surface area contributed by atoms with Crippen LogP contribution in [0, 0.1) is 0 Å². The molecule has 1 atom stereocenters. The number of hydrogen-bond donors (Lipinski definition) is 2. The zero-order valence-electron chi connectivity index (χ0n) is 5.10. The molecule has 44 valence electrons. The van der Waals surface area contributed by atoms with Gasteiger partial charge in [-0.05, 0) is 20.8 Å². The molecule has 2 N–H and O–H groups in total. The average molecular weight is 119 g/mol. The molecule has 0 unspecified atom stereocenters. The summed E-state index contributed by atoms with van der Waals surface area (Å²) in [6.07, 6.45) is 0. The van der Waals surface area contributed by atoms with E-state index < -0.39 is 0 Å². The van der Waals surface area contributed by atoms with Gasteiger partial charge in [-0.3, -0.25) is 0 Å². The zero-order valence-corrected chi connectivity index (χ0v) is 6.00. The fourth-order valence-corrected chi connectivity index (χ4v) is 0. The molecule has 0 aliphatic rings. The molecule has 0 saturated carbocycles. The molecule has 0 saturated heterocycles. The predicted molar refractivity (Wildman–Crippen MR) is 36.7 cm³/mol. The average Bonchev–Trinajstić information content (AvgIpc) is 1.31. The van der Waals surface area contributed by atoms with E-state index in [2.05, 4.69) is 12.6 Å². The minimum absolute atomic E-state index is 0.0278. The first-order valence-corrected chi connectivity index (χ1v) is 2.87. The Balaban J connectivity index is 3.54. The smallest absolute Gasteiger partial charge is 0.0221 e. The number of nitrogens with two attached hydrogens (primary N) is 1. The summed E-state index contributed by atoms with van der Waals surface area (Å²) in [7, 11) is 0. The van der Waals surface area contributed by atoms with Crippen LogP contribution in [0.2, 0.25) is 0 Å². The normalized spacial score (nSPS) is 16.7. The maximum Gasteiger partial charge on any atom is 0.0221 e. The van der Waals surface area contributed by atoms with Gasteiger partial charge in [-0.15, -0.1) is 0 Å². The van der Waals surface area contributed by atoms with Crippen molar-refractivity contribution in [1.82, 2.24) is 0 Å². The molecule has 0 aliphatic heterocycles. The van der Waals surface area contributed by atoms with Gasteiger partial charge < -0.3 is 5.73 Å². The van der Waals surface area contributed by atoms with Crippen LogP contribution in [0.25, 0.3) is 0 Å². The van der Waals surface area contributed by atoms with Crippen molar-refractivity contribution < 1.29 is 0 Å². The minimum Gasteiger partial charge on any atom is -0.327 e. The Labute approximate surface area is 50.7 Å². The number of thiol groups is 1. The number of rotatable bonds is 1. The molecule has 0 rings (SSSR count). The predicted octanol–water partition coefficient (Wildman–Crippen LogP) is 1.04. The summed E-state index contributed by atoms with van der Waals surface area (Å²) in [6, 6.07) is 0.163. The largest absolute Gasteiger partial charge is 0.327 e. The maximum atomic E-state index is 5.49. The maximum absolute atomic E-state index is 5.49. The van der Waals surface area contributed by atoms with Gasteiger partial charge in [0.1, 0.15) is 0 Å². The van der Waals surface area contributed by atoms with E-state index in [-0.39, 0.29) is 10.8 Å². The third-order valence-electron chi connectivity index (χ3n) is 1.11. The van der Waals surface area contributed by atoms with Gasteiger partial charge in [0, 0.05) is 10.8 Å². The molecule has 0 bridgehead atoms. The first-order valence-electron chi connectivity index (χ1n) is 2.42. The van der Waals surface area contributed by atoms with Crippen molar-refractivity contribution in [1.29, 1.82) is 0 Å². The fourth-order valence-electron chi connectivity index (χ4n) is 0. The van der Waals surface area contributed by atoms with Crippen LogP contribution in [0.3, 0.4) is 0 Å². The summed E-state index contributed by atoms with van der Waals surface area (Å²) < 4.78 is -0.0278. The second-order valence-corrected chi connectivity index (χ2v) is 3.59. The Morgan fingerprint density at radius 2 is 1.71 bits per heavy atom. The van der Waals surface area contributed by atoms with E-state index in [4.69, 9.17) is 5.73 Å². The SMILES string of the molecule is C[C@@H](N)C(C)(C)S. The van der Waals surface area contributed by atoms with Crippen LogP contribution in [0.4, 0.5) is 0 Å². The van der Waals surface area contributed by atoms with E-state index >= 15 is 0 Å². The highest BCUT2D eigenvalue weighted by Crippen LogP contribution is 2.14. The molecular formula is C5H13NS. The summed E-state index contributed by atoms with van der Waals surface area (Å²) in [6.45, 7) is 5.95. The standard InChI is InChI=1S/C5H13NS/c1-4(6)5(2,3)7/h4,7H,6H2,1-3H3/t4-/m1/s1. The summed E-state index contributed by atoms with van der Waals surface area (Å²) in [5.74, 6) is 0.